The third-order valence-corrected chi connectivity index (χ3v) is 3.95. The highest BCUT2D eigenvalue weighted by molar-refractivity contribution is 9.08. The molecule has 104 valence electrons. The lowest BCUT2D eigenvalue weighted by Crippen LogP contribution is -1.99. The van der Waals surface area contributed by atoms with Gasteiger partial charge in [0.05, 0.1) is 18.5 Å². The van der Waals surface area contributed by atoms with Crippen LogP contribution in [0.5, 0.6) is 11.5 Å². The van der Waals surface area contributed by atoms with E-state index < -0.39 is 0 Å². The van der Waals surface area contributed by atoms with E-state index in [1.807, 2.05) is 24.3 Å². The van der Waals surface area contributed by atoms with Crippen LogP contribution < -0.4 is 9.47 Å². The van der Waals surface area contributed by atoms with Crippen LogP contribution in [0.2, 0.25) is 5.02 Å². The average molecular weight is 355 g/mol. The van der Waals surface area contributed by atoms with Gasteiger partial charge in [0.1, 0.15) is 18.1 Å². The molecule has 1 aliphatic heterocycles. The standard InChI is InChI=1S/C15H13BrClNO2/c16-7-13-1-2-14(8-18-13)20-9-11-6-12(17)5-10-3-4-19-15(10)11/h1-2,5-6,8H,3-4,7,9H2. The summed E-state index contributed by atoms with van der Waals surface area (Å²) in [6.45, 7) is 1.14. The quantitative estimate of drug-likeness (QED) is 0.773. The molecule has 3 rings (SSSR count). The third-order valence-electron chi connectivity index (χ3n) is 3.15. The maximum atomic E-state index is 6.12. The summed E-state index contributed by atoms with van der Waals surface area (Å²) in [6.07, 6.45) is 2.63. The predicted octanol–water partition coefficient (Wildman–Crippen LogP) is 4.14. The van der Waals surface area contributed by atoms with Gasteiger partial charge in [-0.25, -0.2) is 0 Å². The normalized spacial score (nSPS) is 12.9. The summed E-state index contributed by atoms with van der Waals surface area (Å²) in [5.74, 6) is 1.65. The molecule has 1 aliphatic rings. The monoisotopic (exact) mass is 353 g/mol. The van der Waals surface area contributed by atoms with E-state index in [0.29, 0.717) is 13.2 Å². The SMILES string of the molecule is Clc1cc2c(c(COc3ccc(CBr)nc3)c1)OCC2. The number of hydrogen-bond acceptors (Lipinski definition) is 3. The minimum atomic E-state index is 0.429. The van der Waals surface area contributed by atoms with Crippen molar-refractivity contribution < 1.29 is 9.47 Å². The Morgan fingerprint density at radius 1 is 1.35 bits per heavy atom. The van der Waals surface area contributed by atoms with Crippen LogP contribution in [-0.2, 0) is 18.4 Å². The van der Waals surface area contributed by atoms with Crippen LogP contribution in [0.25, 0.3) is 0 Å². The Balaban J connectivity index is 1.75. The van der Waals surface area contributed by atoms with Crippen molar-refractivity contribution >= 4 is 27.5 Å². The minimum Gasteiger partial charge on any atom is -0.493 e. The lowest BCUT2D eigenvalue weighted by molar-refractivity contribution is 0.291. The topological polar surface area (TPSA) is 31.4 Å². The first-order valence-corrected chi connectivity index (χ1v) is 7.84. The number of pyridine rings is 1. The van der Waals surface area contributed by atoms with Gasteiger partial charge in [-0.05, 0) is 29.8 Å². The fraction of sp³-hybridized carbons (Fsp3) is 0.267. The Morgan fingerprint density at radius 3 is 3.00 bits per heavy atom. The predicted molar refractivity (Wildman–Crippen MR) is 81.9 cm³/mol. The van der Waals surface area contributed by atoms with E-state index in [2.05, 4.69) is 20.9 Å². The van der Waals surface area contributed by atoms with E-state index in [0.717, 1.165) is 45.1 Å². The van der Waals surface area contributed by atoms with E-state index in [9.17, 15) is 0 Å². The molecule has 2 aromatic rings. The van der Waals surface area contributed by atoms with Crippen LogP contribution >= 0.6 is 27.5 Å². The molecule has 1 aromatic carbocycles. The lowest BCUT2D eigenvalue weighted by Gasteiger charge is -2.10. The number of ether oxygens (including phenoxy) is 2. The number of alkyl halides is 1. The summed E-state index contributed by atoms with van der Waals surface area (Å²) in [7, 11) is 0. The highest BCUT2D eigenvalue weighted by Gasteiger charge is 2.17. The van der Waals surface area contributed by atoms with Gasteiger partial charge < -0.3 is 9.47 Å². The molecule has 5 heteroatoms. The van der Waals surface area contributed by atoms with Crippen molar-refractivity contribution in [2.75, 3.05) is 6.61 Å². The van der Waals surface area contributed by atoms with E-state index in [1.54, 1.807) is 6.20 Å². The molecule has 0 fully saturated rings. The van der Waals surface area contributed by atoms with E-state index in [4.69, 9.17) is 21.1 Å². The Hall–Kier alpha value is -1.26. The Morgan fingerprint density at radius 2 is 2.25 bits per heavy atom. The van der Waals surface area contributed by atoms with Crippen molar-refractivity contribution in [1.29, 1.82) is 0 Å². The first kappa shape index (κ1) is 13.7. The van der Waals surface area contributed by atoms with Gasteiger partial charge in [0.25, 0.3) is 0 Å². The fourth-order valence-electron chi connectivity index (χ4n) is 2.19. The molecule has 0 atom stereocenters. The number of aromatic nitrogens is 1. The number of hydrogen-bond donors (Lipinski definition) is 0. The third kappa shape index (κ3) is 2.91. The number of rotatable bonds is 4. The summed E-state index contributed by atoms with van der Waals surface area (Å²) in [6, 6.07) is 7.70. The second-order valence-electron chi connectivity index (χ2n) is 4.56. The van der Waals surface area contributed by atoms with Crippen LogP contribution in [-0.4, -0.2) is 11.6 Å². The second kappa shape index (κ2) is 6.02. The largest absolute Gasteiger partial charge is 0.493 e. The molecule has 0 saturated heterocycles. The Kier molecular flexibility index (Phi) is 4.13. The molecule has 0 bridgehead atoms. The second-order valence-corrected chi connectivity index (χ2v) is 5.56. The van der Waals surface area contributed by atoms with Gasteiger partial charge in [0.15, 0.2) is 0 Å². The highest BCUT2D eigenvalue weighted by Crippen LogP contribution is 2.33. The van der Waals surface area contributed by atoms with Crippen LogP contribution in [0.15, 0.2) is 30.5 Å². The summed E-state index contributed by atoms with van der Waals surface area (Å²) >= 11 is 9.49. The molecule has 0 N–H and O–H groups in total. The molecule has 0 saturated carbocycles. The van der Waals surface area contributed by atoms with Crippen LogP contribution in [0.4, 0.5) is 0 Å². The van der Waals surface area contributed by atoms with Gasteiger partial charge in [0.2, 0.25) is 0 Å². The van der Waals surface area contributed by atoms with Crippen molar-refractivity contribution in [1.82, 2.24) is 4.98 Å². The molecule has 1 aromatic heterocycles. The Labute approximate surface area is 131 Å². The minimum absolute atomic E-state index is 0.429. The zero-order chi connectivity index (χ0) is 13.9. The molecule has 0 aliphatic carbocycles. The summed E-state index contributed by atoms with van der Waals surface area (Å²) in [5.41, 5.74) is 3.11. The van der Waals surface area contributed by atoms with Crippen LogP contribution in [0.1, 0.15) is 16.8 Å². The maximum absolute atomic E-state index is 6.12. The maximum Gasteiger partial charge on any atom is 0.138 e. The first-order valence-electron chi connectivity index (χ1n) is 6.34. The van der Waals surface area contributed by atoms with Gasteiger partial charge in [0, 0.05) is 22.3 Å². The van der Waals surface area contributed by atoms with Gasteiger partial charge in [-0.2, -0.15) is 0 Å². The molecule has 2 heterocycles. The number of fused-ring (bicyclic) bond motifs is 1. The lowest BCUT2D eigenvalue weighted by atomic mass is 10.1. The van der Waals surface area contributed by atoms with Gasteiger partial charge >= 0.3 is 0 Å². The molecule has 0 amide bonds. The van der Waals surface area contributed by atoms with E-state index in [-0.39, 0.29) is 0 Å². The molecule has 0 unspecified atom stereocenters. The van der Waals surface area contributed by atoms with Crippen molar-refractivity contribution in [3.05, 3.63) is 52.3 Å². The zero-order valence-electron chi connectivity index (χ0n) is 10.7. The molecule has 0 radical (unpaired) electrons. The summed E-state index contributed by atoms with van der Waals surface area (Å²) in [5, 5.41) is 1.46. The fourth-order valence-corrected chi connectivity index (χ4v) is 2.78. The zero-order valence-corrected chi connectivity index (χ0v) is 13.1. The van der Waals surface area contributed by atoms with E-state index >= 15 is 0 Å². The molecule has 0 spiro atoms. The van der Waals surface area contributed by atoms with Crippen LogP contribution in [0.3, 0.4) is 0 Å². The number of benzene rings is 1. The molecular weight excluding hydrogens is 342 g/mol. The first-order chi connectivity index (χ1) is 9.76. The number of halogens is 2. The highest BCUT2D eigenvalue weighted by atomic mass is 79.9. The Bertz CT molecular complexity index is 616. The smallest absolute Gasteiger partial charge is 0.138 e. The van der Waals surface area contributed by atoms with Crippen molar-refractivity contribution in [3.8, 4) is 11.5 Å². The molecule has 20 heavy (non-hydrogen) atoms. The van der Waals surface area contributed by atoms with Crippen molar-refractivity contribution in [3.63, 3.8) is 0 Å². The van der Waals surface area contributed by atoms with Gasteiger partial charge in [-0.1, -0.05) is 27.5 Å². The van der Waals surface area contributed by atoms with Crippen molar-refractivity contribution in [2.45, 2.75) is 18.4 Å². The van der Waals surface area contributed by atoms with Gasteiger partial charge in [-0.3, -0.25) is 4.98 Å². The molecule has 3 nitrogen and oxygen atoms in total. The molecular formula is C15H13BrClNO2. The summed E-state index contributed by atoms with van der Waals surface area (Å²) in [4.78, 5) is 4.27. The van der Waals surface area contributed by atoms with E-state index in [1.165, 1.54) is 0 Å². The van der Waals surface area contributed by atoms with Gasteiger partial charge in [-0.15, -0.1) is 0 Å². The average Bonchev–Trinajstić information content (AvgIpc) is 2.93. The summed E-state index contributed by atoms with van der Waals surface area (Å²) < 4.78 is 11.4. The van der Waals surface area contributed by atoms with Crippen LogP contribution in [0, 0.1) is 0 Å². The van der Waals surface area contributed by atoms with Crippen molar-refractivity contribution in [2.24, 2.45) is 0 Å². The number of nitrogens with zero attached hydrogens (tertiary/aromatic N) is 1.